The van der Waals surface area contributed by atoms with E-state index in [-0.39, 0.29) is 24.5 Å². The second kappa shape index (κ2) is 5.96. The molecule has 4 nitrogen and oxygen atoms in total. The Morgan fingerprint density at radius 3 is 2.94 bits per heavy atom. The zero-order valence-electron chi connectivity index (χ0n) is 10.7. The van der Waals surface area contributed by atoms with Gasteiger partial charge in [-0.2, -0.15) is 0 Å². The lowest BCUT2D eigenvalue weighted by Crippen LogP contribution is -2.43. The predicted octanol–water partition coefficient (Wildman–Crippen LogP) is 1.67. The number of aliphatic hydroxyl groups excluding tert-OH is 1. The van der Waals surface area contributed by atoms with Crippen molar-refractivity contribution < 1.29 is 9.90 Å². The molecule has 1 saturated carbocycles. The minimum absolute atomic E-state index is 0.0865. The summed E-state index contributed by atoms with van der Waals surface area (Å²) in [6.45, 7) is 2.07. The number of hydrogen-bond donors (Lipinski definition) is 2. The van der Waals surface area contributed by atoms with Crippen LogP contribution in [0.5, 0.6) is 0 Å². The predicted molar refractivity (Wildman–Crippen MR) is 69.3 cm³/mol. The summed E-state index contributed by atoms with van der Waals surface area (Å²) >= 11 is 0. The summed E-state index contributed by atoms with van der Waals surface area (Å²) in [5.41, 5.74) is 1.57. The molecule has 18 heavy (non-hydrogen) atoms. The van der Waals surface area contributed by atoms with Crippen molar-refractivity contribution in [3.05, 3.63) is 29.6 Å². The minimum atomic E-state index is -0.0865. The fourth-order valence-corrected chi connectivity index (χ4v) is 2.55. The van der Waals surface area contributed by atoms with E-state index in [4.69, 9.17) is 0 Å². The zero-order valence-corrected chi connectivity index (χ0v) is 10.7. The molecule has 2 atom stereocenters. The van der Waals surface area contributed by atoms with Crippen LogP contribution in [0.1, 0.15) is 41.6 Å². The molecule has 0 unspecified atom stereocenters. The maximum atomic E-state index is 12.1. The second-order valence-corrected chi connectivity index (χ2v) is 5.06. The van der Waals surface area contributed by atoms with Crippen LogP contribution in [-0.2, 0) is 0 Å². The Morgan fingerprint density at radius 1 is 1.44 bits per heavy atom. The summed E-state index contributed by atoms with van der Waals surface area (Å²) in [5.74, 6) is 0.108. The number of carbonyl (C=O) groups is 1. The minimum Gasteiger partial charge on any atom is -0.396 e. The highest BCUT2D eigenvalue weighted by molar-refractivity contribution is 5.94. The molecule has 1 amide bonds. The van der Waals surface area contributed by atoms with Crippen LogP contribution in [0.3, 0.4) is 0 Å². The normalized spacial score (nSPS) is 23.7. The molecule has 0 bridgehead atoms. The summed E-state index contributed by atoms with van der Waals surface area (Å²) in [4.78, 5) is 16.1. The van der Waals surface area contributed by atoms with Gasteiger partial charge in [-0.1, -0.05) is 12.8 Å². The molecule has 2 rings (SSSR count). The van der Waals surface area contributed by atoms with Gasteiger partial charge in [0.05, 0.1) is 5.56 Å². The van der Waals surface area contributed by atoms with Crippen molar-refractivity contribution >= 4 is 5.91 Å². The van der Waals surface area contributed by atoms with E-state index < -0.39 is 0 Å². The number of aryl methyl sites for hydroxylation is 1. The fraction of sp³-hybridized carbons (Fsp3) is 0.571. The highest BCUT2D eigenvalue weighted by Gasteiger charge is 2.26. The van der Waals surface area contributed by atoms with E-state index in [1.54, 1.807) is 12.4 Å². The number of carbonyl (C=O) groups excluding carboxylic acids is 1. The van der Waals surface area contributed by atoms with Gasteiger partial charge in [-0.3, -0.25) is 9.78 Å². The Bertz CT molecular complexity index is 420. The smallest absolute Gasteiger partial charge is 0.253 e. The summed E-state index contributed by atoms with van der Waals surface area (Å²) in [5, 5.41) is 12.3. The number of pyridine rings is 1. The molecule has 1 aromatic rings. The molecular weight excluding hydrogens is 228 g/mol. The number of aromatic nitrogens is 1. The Labute approximate surface area is 107 Å². The fourth-order valence-electron chi connectivity index (χ4n) is 2.55. The lowest BCUT2D eigenvalue weighted by atomic mass is 9.85. The first-order valence-corrected chi connectivity index (χ1v) is 6.54. The van der Waals surface area contributed by atoms with Crippen LogP contribution in [-0.4, -0.2) is 28.6 Å². The second-order valence-electron chi connectivity index (χ2n) is 5.06. The van der Waals surface area contributed by atoms with Crippen LogP contribution < -0.4 is 5.32 Å². The van der Waals surface area contributed by atoms with Crippen LogP contribution in [0.25, 0.3) is 0 Å². The number of hydrogen-bond acceptors (Lipinski definition) is 3. The average Bonchev–Trinajstić information content (AvgIpc) is 2.39. The molecule has 1 aromatic heterocycles. The first kappa shape index (κ1) is 13.0. The number of aliphatic hydroxyl groups is 1. The van der Waals surface area contributed by atoms with Crippen molar-refractivity contribution in [3.63, 3.8) is 0 Å². The van der Waals surface area contributed by atoms with Gasteiger partial charge in [-0.15, -0.1) is 0 Å². The molecule has 2 N–H and O–H groups in total. The molecule has 0 aliphatic heterocycles. The van der Waals surface area contributed by atoms with Gasteiger partial charge < -0.3 is 10.4 Å². The molecule has 1 fully saturated rings. The Kier molecular flexibility index (Phi) is 4.31. The molecular formula is C14H20N2O2. The maximum absolute atomic E-state index is 12.1. The van der Waals surface area contributed by atoms with Gasteiger partial charge in [0, 0.05) is 31.0 Å². The molecule has 1 heterocycles. The first-order chi connectivity index (χ1) is 8.70. The molecule has 4 heteroatoms. The molecule has 0 saturated heterocycles. The zero-order chi connectivity index (χ0) is 13.0. The number of amides is 1. The third-order valence-electron chi connectivity index (χ3n) is 3.60. The lowest BCUT2D eigenvalue weighted by Gasteiger charge is -2.30. The topological polar surface area (TPSA) is 62.2 Å². The van der Waals surface area contributed by atoms with Gasteiger partial charge in [-0.05, 0) is 31.4 Å². The van der Waals surface area contributed by atoms with Crippen LogP contribution in [0, 0.1) is 12.8 Å². The standard InChI is InChI=1S/C14H20N2O2/c1-10-6-12(8-15-7-10)14(18)16-13-5-3-2-4-11(13)9-17/h6-8,11,13,17H,2-5,9H2,1H3,(H,16,18)/t11-,13+/m0/s1. The summed E-state index contributed by atoms with van der Waals surface area (Å²) in [6, 6.07) is 1.93. The third kappa shape index (κ3) is 3.07. The Morgan fingerprint density at radius 2 is 2.22 bits per heavy atom. The van der Waals surface area contributed by atoms with E-state index in [1.807, 2.05) is 13.0 Å². The van der Waals surface area contributed by atoms with E-state index in [0.717, 1.165) is 31.2 Å². The molecule has 0 radical (unpaired) electrons. The Balaban J connectivity index is 2.02. The van der Waals surface area contributed by atoms with E-state index in [1.165, 1.54) is 0 Å². The van der Waals surface area contributed by atoms with Gasteiger partial charge in [0.15, 0.2) is 0 Å². The largest absolute Gasteiger partial charge is 0.396 e. The number of nitrogens with zero attached hydrogens (tertiary/aromatic N) is 1. The van der Waals surface area contributed by atoms with E-state index in [2.05, 4.69) is 10.3 Å². The van der Waals surface area contributed by atoms with Crippen molar-refractivity contribution in [1.82, 2.24) is 10.3 Å². The Hall–Kier alpha value is -1.42. The van der Waals surface area contributed by atoms with Crippen molar-refractivity contribution in [2.75, 3.05) is 6.61 Å². The maximum Gasteiger partial charge on any atom is 0.253 e. The number of nitrogens with one attached hydrogen (secondary N) is 1. The summed E-state index contributed by atoms with van der Waals surface area (Å²) in [7, 11) is 0. The van der Waals surface area contributed by atoms with Crippen LogP contribution >= 0.6 is 0 Å². The first-order valence-electron chi connectivity index (χ1n) is 6.54. The van der Waals surface area contributed by atoms with Gasteiger partial charge in [-0.25, -0.2) is 0 Å². The van der Waals surface area contributed by atoms with Crippen LogP contribution in [0.2, 0.25) is 0 Å². The van der Waals surface area contributed by atoms with Crippen LogP contribution in [0.4, 0.5) is 0 Å². The molecule has 1 aliphatic carbocycles. The monoisotopic (exact) mass is 248 g/mol. The highest BCUT2D eigenvalue weighted by Crippen LogP contribution is 2.24. The van der Waals surface area contributed by atoms with Crippen molar-refractivity contribution in [2.24, 2.45) is 5.92 Å². The van der Waals surface area contributed by atoms with Gasteiger partial charge >= 0.3 is 0 Å². The van der Waals surface area contributed by atoms with Crippen molar-refractivity contribution in [1.29, 1.82) is 0 Å². The van der Waals surface area contributed by atoms with Gasteiger partial charge in [0.25, 0.3) is 5.91 Å². The van der Waals surface area contributed by atoms with Crippen molar-refractivity contribution in [2.45, 2.75) is 38.6 Å². The van der Waals surface area contributed by atoms with E-state index in [0.29, 0.717) is 5.56 Å². The molecule has 98 valence electrons. The average molecular weight is 248 g/mol. The molecule has 0 spiro atoms. The lowest BCUT2D eigenvalue weighted by molar-refractivity contribution is 0.0872. The number of rotatable bonds is 3. The van der Waals surface area contributed by atoms with Crippen molar-refractivity contribution in [3.8, 4) is 0 Å². The molecule has 0 aromatic carbocycles. The SMILES string of the molecule is Cc1cncc(C(=O)N[C@@H]2CCCC[C@H]2CO)c1. The summed E-state index contributed by atoms with van der Waals surface area (Å²) < 4.78 is 0. The summed E-state index contributed by atoms with van der Waals surface area (Å²) in [6.07, 6.45) is 7.52. The quantitative estimate of drug-likeness (QED) is 0.855. The van der Waals surface area contributed by atoms with Crippen LogP contribution in [0.15, 0.2) is 18.5 Å². The van der Waals surface area contributed by atoms with E-state index in [9.17, 15) is 9.90 Å². The third-order valence-corrected chi connectivity index (χ3v) is 3.60. The van der Waals surface area contributed by atoms with Gasteiger partial charge in [0.2, 0.25) is 0 Å². The molecule has 1 aliphatic rings. The highest BCUT2D eigenvalue weighted by atomic mass is 16.3. The van der Waals surface area contributed by atoms with Gasteiger partial charge in [0.1, 0.15) is 0 Å². The van der Waals surface area contributed by atoms with E-state index >= 15 is 0 Å².